The van der Waals surface area contributed by atoms with Crippen LogP contribution in [0.1, 0.15) is 26.5 Å². The molecule has 1 aromatic heterocycles. The molecule has 0 aromatic carbocycles. The molecule has 0 amide bonds. The lowest BCUT2D eigenvalue weighted by Crippen LogP contribution is -2.33. The summed E-state index contributed by atoms with van der Waals surface area (Å²) in [6, 6.07) is 1.78. The van der Waals surface area contributed by atoms with Gasteiger partial charge in [-0.1, -0.05) is 5.16 Å². The van der Waals surface area contributed by atoms with E-state index in [0.717, 1.165) is 5.69 Å². The van der Waals surface area contributed by atoms with E-state index in [4.69, 9.17) is 4.74 Å². The molecule has 1 heterocycles. The first kappa shape index (κ1) is 13.2. The number of nitrogens with zero attached hydrogens (tertiary/aromatic N) is 1. The second kappa shape index (κ2) is 5.98. The molecule has 92 valence electrons. The number of ether oxygens (including phenoxy) is 1. The van der Waals surface area contributed by atoms with Gasteiger partial charge in [0, 0.05) is 19.2 Å². The van der Waals surface area contributed by atoms with Crippen molar-refractivity contribution in [2.45, 2.75) is 39.0 Å². The van der Waals surface area contributed by atoms with Crippen molar-refractivity contribution in [2.24, 2.45) is 0 Å². The Balaban J connectivity index is 2.09. The fraction of sp³-hybridized carbons (Fsp3) is 0.727. The number of aliphatic hydroxyl groups is 1. The van der Waals surface area contributed by atoms with Gasteiger partial charge in [-0.25, -0.2) is 0 Å². The molecule has 0 saturated heterocycles. The van der Waals surface area contributed by atoms with Gasteiger partial charge < -0.3 is 19.7 Å². The van der Waals surface area contributed by atoms with Crippen LogP contribution in [0, 0.1) is 0 Å². The SMILES string of the molecule is CC(C)(C)OCC(O)CNCc1ccon1. The number of hydrogen-bond donors (Lipinski definition) is 2. The Hall–Kier alpha value is -0.910. The van der Waals surface area contributed by atoms with Gasteiger partial charge >= 0.3 is 0 Å². The van der Waals surface area contributed by atoms with Gasteiger partial charge in [0.25, 0.3) is 0 Å². The Morgan fingerprint density at radius 2 is 2.31 bits per heavy atom. The van der Waals surface area contributed by atoms with E-state index in [2.05, 4.69) is 15.0 Å². The molecule has 1 unspecified atom stereocenters. The first-order valence-corrected chi connectivity index (χ1v) is 5.39. The summed E-state index contributed by atoms with van der Waals surface area (Å²) in [6.45, 7) is 7.27. The standard InChI is InChI=1S/C11H20N2O3/c1-11(2,3)15-8-10(14)7-12-6-9-4-5-16-13-9/h4-5,10,12,14H,6-8H2,1-3H3. The summed E-state index contributed by atoms with van der Waals surface area (Å²) in [4.78, 5) is 0. The lowest BCUT2D eigenvalue weighted by atomic mass is 10.2. The van der Waals surface area contributed by atoms with Crippen molar-refractivity contribution < 1.29 is 14.4 Å². The summed E-state index contributed by atoms with van der Waals surface area (Å²) in [6.07, 6.45) is 1.02. The van der Waals surface area contributed by atoms with E-state index in [0.29, 0.717) is 19.7 Å². The van der Waals surface area contributed by atoms with Crippen molar-refractivity contribution in [3.8, 4) is 0 Å². The maximum atomic E-state index is 9.61. The molecule has 0 spiro atoms. The van der Waals surface area contributed by atoms with Crippen molar-refractivity contribution in [1.82, 2.24) is 10.5 Å². The predicted molar refractivity (Wildman–Crippen MR) is 59.9 cm³/mol. The highest BCUT2D eigenvalue weighted by atomic mass is 16.5. The van der Waals surface area contributed by atoms with Crippen molar-refractivity contribution in [3.63, 3.8) is 0 Å². The molecule has 1 aromatic rings. The summed E-state index contributed by atoms with van der Waals surface area (Å²) in [5, 5.41) is 16.4. The quantitative estimate of drug-likeness (QED) is 0.758. The Kier molecular flexibility index (Phi) is 4.92. The molecule has 1 atom stereocenters. The highest BCUT2D eigenvalue weighted by Crippen LogP contribution is 2.06. The van der Waals surface area contributed by atoms with E-state index in [1.165, 1.54) is 6.26 Å². The van der Waals surface area contributed by atoms with E-state index < -0.39 is 6.10 Å². The van der Waals surface area contributed by atoms with Crippen LogP contribution >= 0.6 is 0 Å². The van der Waals surface area contributed by atoms with Gasteiger partial charge in [-0.2, -0.15) is 0 Å². The van der Waals surface area contributed by atoms with Gasteiger partial charge in [0.2, 0.25) is 0 Å². The Labute approximate surface area is 95.8 Å². The largest absolute Gasteiger partial charge is 0.389 e. The third-order valence-corrected chi connectivity index (χ3v) is 1.89. The molecule has 0 saturated carbocycles. The minimum atomic E-state index is -0.508. The highest BCUT2D eigenvalue weighted by molar-refractivity contribution is 4.94. The smallest absolute Gasteiger partial charge is 0.124 e. The maximum Gasteiger partial charge on any atom is 0.124 e. The van der Waals surface area contributed by atoms with Crippen LogP contribution in [0.5, 0.6) is 0 Å². The molecule has 0 fully saturated rings. The van der Waals surface area contributed by atoms with Crippen LogP contribution in [0.2, 0.25) is 0 Å². The first-order valence-electron chi connectivity index (χ1n) is 5.39. The van der Waals surface area contributed by atoms with Gasteiger partial charge in [-0.05, 0) is 20.8 Å². The van der Waals surface area contributed by atoms with Crippen LogP contribution in [-0.4, -0.2) is 35.1 Å². The van der Waals surface area contributed by atoms with Crippen LogP contribution in [-0.2, 0) is 11.3 Å². The molecule has 0 radical (unpaired) electrons. The molecule has 0 aliphatic rings. The van der Waals surface area contributed by atoms with Crippen LogP contribution in [0.4, 0.5) is 0 Å². The lowest BCUT2D eigenvalue weighted by molar-refractivity contribution is -0.0479. The minimum absolute atomic E-state index is 0.215. The zero-order valence-corrected chi connectivity index (χ0v) is 10.1. The summed E-state index contributed by atoms with van der Waals surface area (Å²) in [5.41, 5.74) is 0.608. The monoisotopic (exact) mass is 228 g/mol. The fourth-order valence-corrected chi connectivity index (χ4v) is 1.10. The number of aliphatic hydroxyl groups excluding tert-OH is 1. The molecule has 1 rings (SSSR count). The van der Waals surface area contributed by atoms with Crippen LogP contribution in [0.25, 0.3) is 0 Å². The van der Waals surface area contributed by atoms with Gasteiger partial charge in [-0.15, -0.1) is 0 Å². The number of nitrogens with one attached hydrogen (secondary N) is 1. The summed E-state index contributed by atoms with van der Waals surface area (Å²) in [5.74, 6) is 0. The molecule has 0 aliphatic heterocycles. The summed E-state index contributed by atoms with van der Waals surface area (Å²) >= 11 is 0. The molecular weight excluding hydrogens is 208 g/mol. The number of hydrogen-bond acceptors (Lipinski definition) is 5. The normalized spacial score (nSPS) is 14.0. The number of aromatic nitrogens is 1. The highest BCUT2D eigenvalue weighted by Gasteiger charge is 2.13. The molecular formula is C11H20N2O3. The van der Waals surface area contributed by atoms with Crippen LogP contribution < -0.4 is 5.32 Å². The third kappa shape index (κ3) is 5.85. The van der Waals surface area contributed by atoms with Crippen LogP contribution in [0.15, 0.2) is 16.9 Å². The average Bonchev–Trinajstić information content (AvgIpc) is 2.66. The van der Waals surface area contributed by atoms with Gasteiger partial charge in [-0.3, -0.25) is 0 Å². The van der Waals surface area contributed by atoms with E-state index >= 15 is 0 Å². The van der Waals surface area contributed by atoms with E-state index in [1.54, 1.807) is 6.07 Å². The van der Waals surface area contributed by atoms with Gasteiger partial charge in [0.1, 0.15) is 6.26 Å². The lowest BCUT2D eigenvalue weighted by Gasteiger charge is -2.22. The molecule has 2 N–H and O–H groups in total. The van der Waals surface area contributed by atoms with Crippen molar-refractivity contribution in [1.29, 1.82) is 0 Å². The van der Waals surface area contributed by atoms with E-state index in [1.807, 2.05) is 20.8 Å². The van der Waals surface area contributed by atoms with Crippen molar-refractivity contribution >= 4 is 0 Å². The zero-order valence-electron chi connectivity index (χ0n) is 10.1. The molecule has 5 nitrogen and oxygen atoms in total. The van der Waals surface area contributed by atoms with Crippen molar-refractivity contribution in [2.75, 3.05) is 13.2 Å². The number of rotatable bonds is 6. The Morgan fingerprint density at radius 1 is 1.56 bits per heavy atom. The summed E-state index contributed by atoms with van der Waals surface area (Å²) in [7, 11) is 0. The second-order valence-electron chi connectivity index (χ2n) is 4.70. The Bertz CT molecular complexity index is 280. The predicted octanol–water partition coefficient (Wildman–Crippen LogP) is 0.940. The molecule has 0 aliphatic carbocycles. The van der Waals surface area contributed by atoms with Gasteiger partial charge in [0.05, 0.1) is 24.0 Å². The van der Waals surface area contributed by atoms with E-state index in [9.17, 15) is 5.11 Å². The van der Waals surface area contributed by atoms with Crippen molar-refractivity contribution in [3.05, 3.63) is 18.0 Å². The second-order valence-corrected chi connectivity index (χ2v) is 4.70. The first-order chi connectivity index (χ1) is 7.47. The van der Waals surface area contributed by atoms with Crippen LogP contribution in [0.3, 0.4) is 0 Å². The van der Waals surface area contributed by atoms with E-state index in [-0.39, 0.29) is 5.60 Å². The molecule has 0 bridgehead atoms. The third-order valence-electron chi connectivity index (χ3n) is 1.89. The zero-order chi connectivity index (χ0) is 12.0. The summed E-state index contributed by atoms with van der Waals surface area (Å²) < 4.78 is 10.1. The maximum absolute atomic E-state index is 9.61. The fourth-order valence-electron chi connectivity index (χ4n) is 1.10. The molecule has 5 heteroatoms. The minimum Gasteiger partial charge on any atom is -0.389 e. The Morgan fingerprint density at radius 3 is 2.88 bits per heavy atom. The average molecular weight is 228 g/mol. The molecule has 16 heavy (non-hydrogen) atoms. The topological polar surface area (TPSA) is 67.5 Å². The van der Waals surface area contributed by atoms with Gasteiger partial charge in [0.15, 0.2) is 0 Å².